The van der Waals surface area contributed by atoms with Crippen molar-refractivity contribution in [3.05, 3.63) is 66.1 Å². The van der Waals surface area contributed by atoms with Crippen molar-refractivity contribution in [3.63, 3.8) is 0 Å². The lowest BCUT2D eigenvalue weighted by atomic mass is 10.1. The Labute approximate surface area is 128 Å². The highest BCUT2D eigenvalue weighted by atomic mass is 16.5. The monoisotopic (exact) mass is 293 g/mol. The van der Waals surface area contributed by atoms with E-state index >= 15 is 0 Å². The van der Waals surface area contributed by atoms with Gasteiger partial charge in [0, 0.05) is 16.8 Å². The summed E-state index contributed by atoms with van der Waals surface area (Å²) in [4.78, 5) is 16.3. The zero-order valence-corrected chi connectivity index (χ0v) is 12.1. The zero-order valence-electron chi connectivity index (χ0n) is 12.1. The van der Waals surface area contributed by atoms with Crippen LogP contribution in [0.25, 0.3) is 11.4 Å². The van der Waals surface area contributed by atoms with Gasteiger partial charge in [0.25, 0.3) is 5.91 Å². The SMILES string of the molecule is CCc1ccc(NC(=O)c2cccc(-c3ncon3)c2)cc1. The van der Waals surface area contributed by atoms with E-state index in [1.807, 2.05) is 30.3 Å². The van der Waals surface area contributed by atoms with Crippen molar-refractivity contribution >= 4 is 11.6 Å². The van der Waals surface area contributed by atoms with E-state index in [4.69, 9.17) is 4.52 Å². The summed E-state index contributed by atoms with van der Waals surface area (Å²) in [5.41, 5.74) is 3.29. The summed E-state index contributed by atoms with van der Waals surface area (Å²) in [6.45, 7) is 2.09. The number of amides is 1. The fourth-order valence-electron chi connectivity index (χ4n) is 2.12. The second kappa shape index (κ2) is 6.22. The van der Waals surface area contributed by atoms with Crippen LogP contribution in [-0.2, 0) is 6.42 Å². The van der Waals surface area contributed by atoms with Crippen molar-refractivity contribution in [2.24, 2.45) is 0 Å². The van der Waals surface area contributed by atoms with E-state index in [-0.39, 0.29) is 5.91 Å². The molecular weight excluding hydrogens is 278 g/mol. The molecule has 5 nitrogen and oxygen atoms in total. The van der Waals surface area contributed by atoms with Crippen LogP contribution >= 0.6 is 0 Å². The van der Waals surface area contributed by atoms with Gasteiger partial charge in [0.15, 0.2) is 0 Å². The predicted molar refractivity (Wildman–Crippen MR) is 83.5 cm³/mol. The van der Waals surface area contributed by atoms with Gasteiger partial charge in [0.2, 0.25) is 12.2 Å². The van der Waals surface area contributed by atoms with Crippen LogP contribution in [0.15, 0.2) is 59.4 Å². The third-order valence-corrected chi connectivity index (χ3v) is 3.36. The maximum Gasteiger partial charge on any atom is 0.255 e. The molecule has 0 aliphatic rings. The van der Waals surface area contributed by atoms with Crippen LogP contribution in [0.3, 0.4) is 0 Å². The molecule has 1 aromatic heterocycles. The minimum Gasteiger partial charge on any atom is -0.342 e. The number of carbonyl (C=O) groups is 1. The topological polar surface area (TPSA) is 68.0 Å². The van der Waals surface area contributed by atoms with Gasteiger partial charge < -0.3 is 9.84 Å². The molecule has 3 aromatic rings. The average Bonchev–Trinajstić information content (AvgIpc) is 3.10. The number of nitrogens with one attached hydrogen (secondary N) is 1. The van der Waals surface area contributed by atoms with Gasteiger partial charge in [-0.05, 0) is 36.2 Å². The molecule has 0 aliphatic carbocycles. The largest absolute Gasteiger partial charge is 0.342 e. The van der Waals surface area contributed by atoms with E-state index in [9.17, 15) is 4.79 Å². The molecule has 22 heavy (non-hydrogen) atoms. The maximum atomic E-state index is 12.3. The first-order chi connectivity index (χ1) is 10.8. The lowest BCUT2D eigenvalue weighted by Gasteiger charge is -2.07. The molecule has 3 rings (SSSR count). The van der Waals surface area contributed by atoms with E-state index in [2.05, 4.69) is 22.4 Å². The van der Waals surface area contributed by atoms with E-state index in [1.54, 1.807) is 18.2 Å². The van der Waals surface area contributed by atoms with Crippen LogP contribution in [0.5, 0.6) is 0 Å². The summed E-state index contributed by atoms with van der Waals surface area (Å²) in [6.07, 6.45) is 2.23. The standard InChI is InChI=1S/C17H15N3O2/c1-2-12-6-8-15(9-7-12)19-17(21)14-5-3-4-13(10-14)16-18-11-22-20-16/h3-11H,2H2,1H3,(H,19,21). The quantitative estimate of drug-likeness (QED) is 0.798. The summed E-state index contributed by atoms with van der Waals surface area (Å²) in [5.74, 6) is 0.288. The second-order valence-electron chi connectivity index (χ2n) is 4.84. The molecule has 0 aliphatic heterocycles. The van der Waals surface area contributed by atoms with Crippen molar-refractivity contribution in [3.8, 4) is 11.4 Å². The fourth-order valence-corrected chi connectivity index (χ4v) is 2.12. The molecule has 0 bridgehead atoms. The summed E-state index contributed by atoms with van der Waals surface area (Å²) in [7, 11) is 0. The van der Waals surface area contributed by atoms with E-state index < -0.39 is 0 Å². The summed E-state index contributed by atoms with van der Waals surface area (Å²) in [6, 6.07) is 14.9. The molecule has 2 aromatic carbocycles. The second-order valence-corrected chi connectivity index (χ2v) is 4.84. The van der Waals surface area contributed by atoms with Gasteiger partial charge >= 0.3 is 0 Å². The van der Waals surface area contributed by atoms with Crippen molar-refractivity contribution in [1.82, 2.24) is 10.1 Å². The maximum absolute atomic E-state index is 12.3. The summed E-state index contributed by atoms with van der Waals surface area (Å²) in [5, 5.41) is 6.65. The van der Waals surface area contributed by atoms with Crippen molar-refractivity contribution < 1.29 is 9.32 Å². The van der Waals surface area contributed by atoms with Crippen molar-refractivity contribution in [2.45, 2.75) is 13.3 Å². The minimum atomic E-state index is -0.172. The molecule has 0 fully saturated rings. The average molecular weight is 293 g/mol. The Hall–Kier alpha value is -2.95. The minimum absolute atomic E-state index is 0.172. The molecule has 0 saturated heterocycles. The van der Waals surface area contributed by atoms with Crippen molar-refractivity contribution in [2.75, 3.05) is 5.32 Å². The number of anilines is 1. The number of carbonyl (C=O) groups excluding carboxylic acids is 1. The Kier molecular flexibility index (Phi) is 3.96. The smallest absolute Gasteiger partial charge is 0.255 e. The normalized spacial score (nSPS) is 10.4. The molecule has 0 atom stereocenters. The highest BCUT2D eigenvalue weighted by Gasteiger charge is 2.09. The Morgan fingerprint density at radius 1 is 1.18 bits per heavy atom. The number of hydrogen-bond donors (Lipinski definition) is 1. The molecule has 0 spiro atoms. The van der Waals surface area contributed by atoms with Crippen LogP contribution in [0.1, 0.15) is 22.8 Å². The highest BCUT2D eigenvalue weighted by molar-refractivity contribution is 6.04. The predicted octanol–water partition coefficient (Wildman–Crippen LogP) is 3.55. The van der Waals surface area contributed by atoms with Gasteiger partial charge in [-0.1, -0.05) is 36.3 Å². The molecule has 1 amide bonds. The molecule has 1 heterocycles. The molecule has 5 heteroatoms. The summed E-state index contributed by atoms with van der Waals surface area (Å²) >= 11 is 0. The number of rotatable bonds is 4. The van der Waals surface area contributed by atoms with Crippen LogP contribution in [-0.4, -0.2) is 16.0 Å². The summed E-state index contributed by atoms with van der Waals surface area (Å²) < 4.78 is 4.73. The first kappa shape index (κ1) is 14.0. The number of aromatic nitrogens is 2. The molecule has 1 N–H and O–H groups in total. The van der Waals surface area contributed by atoms with Crippen LogP contribution < -0.4 is 5.32 Å². The molecule has 0 radical (unpaired) electrons. The first-order valence-corrected chi connectivity index (χ1v) is 7.03. The Balaban J connectivity index is 1.78. The molecular formula is C17H15N3O2. The third kappa shape index (κ3) is 3.03. The van der Waals surface area contributed by atoms with Gasteiger partial charge in [-0.15, -0.1) is 0 Å². The van der Waals surface area contributed by atoms with E-state index in [0.29, 0.717) is 11.4 Å². The Morgan fingerprint density at radius 2 is 2.00 bits per heavy atom. The Bertz CT molecular complexity index is 765. The van der Waals surface area contributed by atoms with Gasteiger partial charge in [-0.2, -0.15) is 4.98 Å². The zero-order chi connectivity index (χ0) is 15.4. The molecule has 0 unspecified atom stereocenters. The number of benzene rings is 2. The number of aryl methyl sites for hydroxylation is 1. The third-order valence-electron chi connectivity index (χ3n) is 3.36. The lowest BCUT2D eigenvalue weighted by molar-refractivity contribution is 0.102. The van der Waals surface area contributed by atoms with Crippen molar-refractivity contribution in [1.29, 1.82) is 0 Å². The first-order valence-electron chi connectivity index (χ1n) is 7.03. The molecule has 0 saturated carbocycles. The highest BCUT2D eigenvalue weighted by Crippen LogP contribution is 2.17. The fraction of sp³-hybridized carbons (Fsp3) is 0.118. The lowest BCUT2D eigenvalue weighted by Crippen LogP contribution is -2.11. The van der Waals surface area contributed by atoms with Crippen LogP contribution in [0.2, 0.25) is 0 Å². The number of hydrogen-bond acceptors (Lipinski definition) is 4. The van der Waals surface area contributed by atoms with Crippen LogP contribution in [0.4, 0.5) is 5.69 Å². The van der Waals surface area contributed by atoms with Gasteiger partial charge in [0.05, 0.1) is 0 Å². The van der Waals surface area contributed by atoms with Gasteiger partial charge in [-0.25, -0.2) is 0 Å². The van der Waals surface area contributed by atoms with E-state index in [1.165, 1.54) is 12.0 Å². The molecule has 110 valence electrons. The Morgan fingerprint density at radius 3 is 2.68 bits per heavy atom. The van der Waals surface area contributed by atoms with Gasteiger partial charge in [-0.3, -0.25) is 4.79 Å². The number of nitrogens with zero attached hydrogens (tertiary/aromatic N) is 2. The van der Waals surface area contributed by atoms with E-state index in [0.717, 1.165) is 17.7 Å². The van der Waals surface area contributed by atoms with Crippen LogP contribution in [0, 0.1) is 0 Å². The van der Waals surface area contributed by atoms with Gasteiger partial charge in [0.1, 0.15) is 0 Å².